The maximum Gasteiger partial charge on any atom is 0.355 e. The van der Waals surface area contributed by atoms with E-state index in [2.05, 4.69) is 58.9 Å². The molecule has 0 radical (unpaired) electrons. The fourth-order valence-corrected chi connectivity index (χ4v) is 13.5. The summed E-state index contributed by atoms with van der Waals surface area (Å²) in [7, 11) is 0. The van der Waals surface area contributed by atoms with Gasteiger partial charge in [-0.3, -0.25) is 4.68 Å². The van der Waals surface area contributed by atoms with Crippen molar-refractivity contribution in [2.24, 2.45) is 16.2 Å². The first-order valence-electron chi connectivity index (χ1n) is 20.8. The van der Waals surface area contributed by atoms with Crippen molar-refractivity contribution in [3.8, 4) is 11.1 Å². The topological polar surface area (TPSA) is 134 Å². The van der Waals surface area contributed by atoms with Crippen molar-refractivity contribution in [1.82, 2.24) is 34.8 Å². The fraction of sp³-hybridized carbons (Fsp3) is 0.545. The lowest BCUT2D eigenvalue weighted by Gasteiger charge is -2.69. The van der Waals surface area contributed by atoms with Gasteiger partial charge in [0.25, 0.3) is 0 Å². The van der Waals surface area contributed by atoms with Crippen molar-refractivity contribution in [2.45, 2.75) is 104 Å². The maximum atomic E-state index is 12.9. The lowest BCUT2D eigenvalue weighted by atomic mass is 9.39. The predicted molar refractivity (Wildman–Crippen MR) is 223 cm³/mol. The van der Waals surface area contributed by atoms with Crippen molar-refractivity contribution < 1.29 is 14.6 Å². The number of thiazole rings is 1. The lowest BCUT2D eigenvalue weighted by Crippen LogP contribution is -2.64. The first kappa shape index (κ1) is 36.9. The Labute approximate surface area is 338 Å². The molecule has 4 saturated carbocycles. The predicted octanol–water partition coefficient (Wildman–Crippen LogP) is 8.72. The number of carboxylic acids is 1. The molecular weight excluding hydrogens is 735 g/mol. The van der Waals surface area contributed by atoms with Crippen molar-refractivity contribution in [1.29, 1.82) is 0 Å². The van der Waals surface area contributed by atoms with Gasteiger partial charge in [-0.05, 0) is 132 Å². The second-order valence-electron chi connectivity index (χ2n) is 18.8. The van der Waals surface area contributed by atoms with Gasteiger partial charge in [0.05, 0.1) is 28.6 Å². The van der Waals surface area contributed by atoms with Crippen LogP contribution >= 0.6 is 11.3 Å². The third-order valence-corrected chi connectivity index (χ3v) is 14.8. The van der Waals surface area contributed by atoms with Gasteiger partial charge >= 0.3 is 5.97 Å². The molecule has 1 saturated heterocycles. The Morgan fingerprint density at radius 1 is 0.912 bits per heavy atom. The van der Waals surface area contributed by atoms with E-state index in [0.29, 0.717) is 29.6 Å². The Bertz CT molecular complexity index is 2330. The number of carbonyl (C=O) groups is 1. The van der Waals surface area contributed by atoms with Crippen LogP contribution in [0.25, 0.3) is 21.3 Å². The van der Waals surface area contributed by atoms with Gasteiger partial charge in [-0.25, -0.2) is 14.8 Å². The Hall–Kier alpha value is -4.46. The maximum absolute atomic E-state index is 12.9. The number of hydrogen-bond acceptors (Lipinski definition) is 11. The highest BCUT2D eigenvalue weighted by molar-refractivity contribution is 7.22. The number of rotatable bonds is 11. The van der Waals surface area contributed by atoms with Gasteiger partial charge in [0.15, 0.2) is 22.5 Å². The third-order valence-electron chi connectivity index (χ3n) is 13.8. The van der Waals surface area contributed by atoms with Gasteiger partial charge in [-0.15, -0.1) is 10.2 Å². The highest BCUT2D eigenvalue weighted by Crippen LogP contribution is 2.72. The zero-order chi connectivity index (χ0) is 39.2. The molecule has 11 rings (SSSR count). The van der Waals surface area contributed by atoms with Crippen LogP contribution in [0, 0.1) is 30.1 Å². The highest BCUT2D eigenvalue weighted by Gasteiger charge is 2.66. The third kappa shape index (κ3) is 6.59. The minimum absolute atomic E-state index is 0.0151. The van der Waals surface area contributed by atoms with Crippen LogP contribution in [0.1, 0.15) is 98.9 Å². The molecular formula is C44H53N9O3S. The van der Waals surface area contributed by atoms with E-state index in [1.54, 1.807) is 11.3 Å². The van der Waals surface area contributed by atoms with Crippen LogP contribution in [0.4, 0.5) is 22.6 Å². The first-order chi connectivity index (χ1) is 27.4. The van der Waals surface area contributed by atoms with Crippen molar-refractivity contribution in [3.05, 3.63) is 65.1 Å². The number of fused-ring (bicyclic) bond motifs is 2. The number of para-hydroxylation sites is 1. The van der Waals surface area contributed by atoms with Gasteiger partial charge in [-0.2, -0.15) is 5.10 Å². The molecule has 5 fully saturated rings. The SMILES string of the molecule is Cc1c(Nc2nc3ccccc3s2)nnc2c1CCCN2c1ccc(-c2cnn(C[C@]34C[C@]5(C)C[C@](C)(C3)C[C@@](OCCN3CCCC3)(C5)C4)c2C)c(C(=O)O)n1. The van der Waals surface area contributed by atoms with Crippen molar-refractivity contribution >= 4 is 50.1 Å². The number of aromatic nitrogens is 6. The highest BCUT2D eigenvalue weighted by atomic mass is 32.1. The van der Waals surface area contributed by atoms with Gasteiger partial charge in [-0.1, -0.05) is 37.3 Å². The number of anilines is 4. The molecule has 4 aromatic heterocycles. The average Bonchev–Trinajstić information content (AvgIpc) is 3.91. The minimum atomic E-state index is -1.07. The van der Waals surface area contributed by atoms with Crippen LogP contribution in [0.3, 0.4) is 0 Å². The molecule has 2 aliphatic heterocycles. The van der Waals surface area contributed by atoms with E-state index >= 15 is 0 Å². The van der Waals surface area contributed by atoms with E-state index in [9.17, 15) is 9.90 Å². The van der Waals surface area contributed by atoms with Crippen LogP contribution in [0.15, 0.2) is 42.6 Å². The summed E-state index contributed by atoms with van der Waals surface area (Å²) in [6, 6.07) is 11.9. The second kappa shape index (κ2) is 13.6. The molecule has 12 nitrogen and oxygen atoms in total. The standard InChI is InChI=1S/C44H53N9O3S/c1-28-30-10-9-17-52(38(30)50-49-37(28)48-40-46-33-11-5-6-12-34(33)57-40)35-14-13-31(36(47-35)39(54)55)32-20-45-53(29(32)2)27-43-22-41(3)21-42(4,23-43)25-44(24-41,26-43)56-19-18-51-15-7-8-16-51/h5-6,11-14,20H,7-10,15-19,21-27H2,1-4H3,(H,54,55)(H,46,48,49)/t41-,42+,43+,44-. The monoisotopic (exact) mass is 787 g/mol. The largest absolute Gasteiger partial charge is 0.476 e. The smallest absolute Gasteiger partial charge is 0.355 e. The summed E-state index contributed by atoms with van der Waals surface area (Å²) < 4.78 is 10.3. The number of likely N-dealkylation sites (tertiary alicyclic amines) is 1. The molecule has 0 unspecified atom stereocenters. The molecule has 0 amide bonds. The average molecular weight is 788 g/mol. The molecule has 4 atom stereocenters. The molecule has 57 heavy (non-hydrogen) atoms. The number of pyridine rings is 1. The van der Waals surface area contributed by atoms with Crippen LogP contribution in [-0.2, 0) is 17.7 Å². The van der Waals surface area contributed by atoms with E-state index in [-0.39, 0.29) is 27.5 Å². The van der Waals surface area contributed by atoms with Gasteiger partial charge in [0, 0.05) is 47.6 Å². The molecule has 5 aromatic rings. The van der Waals surface area contributed by atoms with E-state index in [1.807, 2.05) is 41.4 Å². The van der Waals surface area contributed by atoms with Gasteiger partial charge < -0.3 is 25.0 Å². The van der Waals surface area contributed by atoms with Crippen LogP contribution in [0.5, 0.6) is 0 Å². The fourth-order valence-electron chi connectivity index (χ4n) is 12.7. The Morgan fingerprint density at radius 2 is 1.70 bits per heavy atom. The summed E-state index contributed by atoms with van der Waals surface area (Å²) in [5.41, 5.74) is 5.91. The number of ether oxygens (including phenoxy) is 1. The number of aromatic carboxylic acids is 1. The molecule has 0 spiro atoms. The van der Waals surface area contributed by atoms with E-state index in [0.717, 1.165) is 89.5 Å². The number of nitrogens with one attached hydrogen (secondary N) is 1. The summed E-state index contributed by atoms with van der Waals surface area (Å²) in [4.78, 5) is 27.0. The molecule has 298 valence electrons. The van der Waals surface area contributed by atoms with Crippen molar-refractivity contribution in [3.63, 3.8) is 0 Å². The molecule has 4 aliphatic carbocycles. The molecule has 6 aliphatic rings. The molecule has 1 aromatic carbocycles. The van der Waals surface area contributed by atoms with E-state index < -0.39 is 5.97 Å². The Balaban J connectivity index is 0.906. The summed E-state index contributed by atoms with van der Waals surface area (Å²) in [6.07, 6.45) is 13.1. The zero-order valence-electron chi connectivity index (χ0n) is 33.6. The van der Waals surface area contributed by atoms with Gasteiger partial charge in [0.2, 0.25) is 0 Å². The minimum Gasteiger partial charge on any atom is -0.476 e. The van der Waals surface area contributed by atoms with Gasteiger partial charge in [0.1, 0.15) is 5.82 Å². The Morgan fingerprint density at radius 3 is 2.47 bits per heavy atom. The van der Waals surface area contributed by atoms with E-state index in [4.69, 9.17) is 19.8 Å². The van der Waals surface area contributed by atoms with Crippen LogP contribution < -0.4 is 10.2 Å². The van der Waals surface area contributed by atoms with Crippen molar-refractivity contribution in [2.75, 3.05) is 43.0 Å². The normalized spacial score (nSPS) is 28.0. The van der Waals surface area contributed by atoms with Crippen LogP contribution in [-0.4, -0.2) is 84.3 Å². The summed E-state index contributed by atoms with van der Waals surface area (Å²) in [6.45, 7) is 14.8. The Kier molecular flexibility index (Phi) is 8.77. The number of hydrogen-bond donors (Lipinski definition) is 2. The zero-order valence-corrected chi connectivity index (χ0v) is 34.4. The molecule has 4 bridgehead atoms. The lowest BCUT2D eigenvalue weighted by molar-refractivity contribution is -0.248. The number of nitrogens with zero attached hydrogens (tertiary/aromatic N) is 8. The molecule has 13 heteroatoms. The molecule has 2 N–H and O–H groups in total. The second-order valence-corrected chi connectivity index (χ2v) is 19.8. The quantitative estimate of drug-likeness (QED) is 0.133. The summed E-state index contributed by atoms with van der Waals surface area (Å²) in [5.74, 6) is 0.871. The molecule has 6 heterocycles. The summed E-state index contributed by atoms with van der Waals surface area (Å²) in [5, 5.41) is 29.0. The number of carboxylic acid groups (broad SMARTS) is 1. The number of benzene rings is 1. The van der Waals surface area contributed by atoms with Crippen LogP contribution in [0.2, 0.25) is 0 Å². The summed E-state index contributed by atoms with van der Waals surface area (Å²) >= 11 is 1.58. The first-order valence-corrected chi connectivity index (χ1v) is 21.6. The van der Waals surface area contributed by atoms with E-state index in [1.165, 1.54) is 45.2 Å².